The Kier molecular flexibility index (Phi) is 15.0. The van der Waals surface area contributed by atoms with Crippen LogP contribution in [0.2, 0.25) is 0 Å². The van der Waals surface area contributed by atoms with Gasteiger partial charge in [0.25, 0.3) is 0 Å². The van der Waals surface area contributed by atoms with E-state index in [-0.39, 0.29) is 5.97 Å². The molecule has 0 aromatic heterocycles. The van der Waals surface area contributed by atoms with E-state index in [2.05, 4.69) is 43.4 Å². The van der Waals surface area contributed by atoms with Gasteiger partial charge in [-0.15, -0.1) is 0 Å². The van der Waals surface area contributed by atoms with Gasteiger partial charge in [0.05, 0.1) is 0 Å². The van der Waals surface area contributed by atoms with E-state index in [0.29, 0.717) is 18.3 Å². The van der Waals surface area contributed by atoms with E-state index in [0.717, 1.165) is 44.9 Å². The van der Waals surface area contributed by atoms with Gasteiger partial charge in [-0.25, -0.2) is 0 Å². The first-order valence-electron chi connectivity index (χ1n) is 10.9. The second kappa shape index (κ2) is 17.7. The summed E-state index contributed by atoms with van der Waals surface area (Å²) in [5.74, 6) is -0.299. The highest BCUT2D eigenvalue weighted by Crippen LogP contribution is 2.16. The van der Waals surface area contributed by atoms with Gasteiger partial charge in [0.2, 0.25) is 0 Å². The molecule has 0 aliphatic rings. The van der Waals surface area contributed by atoms with Gasteiger partial charge >= 0.3 is 5.97 Å². The number of unbranched alkanes of at least 4 members (excludes halogenated alkanes) is 5. The largest absolute Gasteiger partial charge is 0.450 e. The van der Waals surface area contributed by atoms with Crippen molar-refractivity contribution in [3.63, 3.8) is 0 Å². The van der Waals surface area contributed by atoms with Crippen molar-refractivity contribution in [3.05, 3.63) is 72.4 Å². The molecule has 0 saturated heterocycles. The Balaban J connectivity index is 2.00. The number of carbonyl (C=O) groups is 2. The van der Waals surface area contributed by atoms with Crippen LogP contribution in [0.4, 0.5) is 0 Å². The fourth-order valence-electron chi connectivity index (χ4n) is 2.91. The molecule has 1 aromatic carbocycles. The van der Waals surface area contributed by atoms with E-state index in [1.807, 2.05) is 18.2 Å². The molecular weight excluding hydrogens is 360 g/mol. The van der Waals surface area contributed by atoms with Crippen LogP contribution in [-0.2, 0) is 14.3 Å². The highest BCUT2D eigenvalue weighted by atomic mass is 16.5. The average molecular weight is 397 g/mol. The molecule has 29 heavy (non-hydrogen) atoms. The average Bonchev–Trinajstić information content (AvgIpc) is 2.75. The van der Waals surface area contributed by atoms with Gasteiger partial charge in [-0.05, 0) is 44.1 Å². The van der Waals surface area contributed by atoms with Crippen molar-refractivity contribution in [3.8, 4) is 0 Å². The molecule has 0 spiro atoms. The number of benzene rings is 1. The minimum Gasteiger partial charge on any atom is -0.450 e. The number of carbonyl (C=O) groups excluding carboxylic acids is 2. The SMILES string of the molecule is CC/C=C\C/C=C\C/C=C\CCCCCCCC(=O)OC(C=O)c1ccccc1. The van der Waals surface area contributed by atoms with Crippen LogP contribution in [0.5, 0.6) is 0 Å². The van der Waals surface area contributed by atoms with Crippen LogP contribution in [0.3, 0.4) is 0 Å². The summed E-state index contributed by atoms with van der Waals surface area (Å²) in [6, 6.07) is 9.12. The van der Waals surface area contributed by atoms with Crippen LogP contribution in [-0.4, -0.2) is 12.3 Å². The maximum absolute atomic E-state index is 11.9. The van der Waals surface area contributed by atoms with Gasteiger partial charge in [0.1, 0.15) is 0 Å². The number of rotatable bonds is 16. The summed E-state index contributed by atoms with van der Waals surface area (Å²) in [4.78, 5) is 23.1. The van der Waals surface area contributed by atoms with Crippen LogP contribution < -0.4 is 0 Å². The summed E-state index contributed by atoms with van der Waals surface area (Å²) in [6.07, 6.45) is 23.1. The molecule has 0 heterocycles. The van der Waals surface area contributed by atoms with Gasteiger partial charge in [-0.3, -0.25) is 9.59 Å². The number of aldehydes is 1. The number of hydrogen-bond acceptors (Lipinski definition) is 3. The third-order valence-corrected chi connectivity index (χ3v) is 4.54. The normalized spacial score (nSPS) is 12.7. The van der Waals surface area contributed by atoms with E-state index in [9.17, 15) is 9.59 Å². The second-order valence-electron chi connectivity index (χ2n) is 7.06. The van der Waals surface area contributed by atoms with Gasteiger partial charge < -0.3 is 4.74 Å². The molecular formula is C26H36O3. The molecule has 1 atom stereocenters. The van der Waals surface area contributed by atoms with E-state index in [1.54, 1.807) is 12.1 Å². The van der Waals surface area contributed by atoms with Crippen LogP contribution in [0.1, 0.15) is 82.8 Å². The quantitative estimate of drug-likeness (QED) is 0.130. The Bertz CT molecular complexity index is 629. The standard InChI is InChI=1S/C26H36O3/c1-2-3-4-5-6-7-8-9-10-11-12-13-14-15-19-22-26(28)29-25(23-27)24-20-17-16-18-21-24/h3-4,6-7,9-10,16-18,20-21,23,25H,2,5,8,11-15,19,22H2,1H3/b4-3-,7-6-,10-9-. The highest BCUT2D eigenvalue weighted by molar-refractivity contribution is 5.73. The van der Waals surface area contributed by atoms with E-state index >= 15 is 0 Å². The minimum atomic E-state index is -0.793. The Morgan fingerprint density at radius 3 is 2.17 bits per heavy atom. The Morgan fingerprint density at radius 2 is 1.48 bits per heavy atom. The summed E-state index contributed by atoms with van der Waals surface area (Å²) in [6.45, 7) is 2.15. The number of hydrogen-bond donors (Lipinski definition) is 0. The Morgan fingerprint density at radius 1 is 0.862 bits per heavy atom. The molecule has 1 unspecified atom stereocenters. The van der Waals surface area contributed by atoms with Crippen molar-refractivity contribution >= 4 is 12.3 Å². The highest BCUT2D eigenvalue weighted by Gasteiger charge is 2.15. The van der Waals surface area contributed by atoms with Crippen molar-refractivity contribution in [1.29, 1.82) is 0 Å². The molecule has 0 saturated carbocycles. The maximum Gasteiger partial charge on any atom is 0.306 e. The molecule has 0 amide bonds. The monoisotopic (exact) mass is 396 g/mol. The lowest BCUT2D eigenvalue weighted by atomic mass is 10.1. The minimum absolute atomic E-state index is 0.299. The molecule has 0 radical (unpaired) electrons. The fraction of sp³-hybridized carbons (Fsp3) is 0.462. The van der Waals surface area contributed by atoms with Crippen LogP contribution in [0.15, 0.2) is 66.8 Å². The first-order valence-corrected chi connectivity index (χ1v) is 10.9. The van der Waals surface area contributed by atoms with Crippen molar-refractivity contribution in [1.82, 2.24) is 0 Å². The van der Waals surface area contributed by atoms with Gasteiger partial charge in [0.15, 0.2) is 12.4 Å². The predicted molar refractivity (Wildman–Crippen MR) is 121 cm³/mol. The molecule has 158 valence electrons. The molecule has 1 rings (SSSR count). The molecule has 3 heteroatoms. The molecule has 0 aliphatic heterocycles. The molecule has 3 nitrogen and oxygen atoms in total. The van der Waals surface area contributed by atoms with Crippen LogP contribution in [0.25, 0.3) is 0 Å². The van der Waals surface area contributed by atoms with Crippen molar-refractivity contribution in [2.75, 3.05) is 0 Å². The van der Waals surface area contributed by atoms with Crippen LogP contribution >= 0.6 is 0 Å². The van der Waals surface area contributed by atoms with Crippen molar-refractivity contribution in [2.45, 2.75) is 77.2 Å². The predicted octanol–water partition coefficient (Wildman–Crippen LogP) is 7.06. The maximum atomic E-state index is 11.9. The lowest BCUT2D eigenvalue weighted by molar-refractivity contribution is -0.152. The fourth-order valence-corrected chi connectivity index (χ4v) is 2.91. The number of esters is 1. The lowest BCUT2D eigenvalue weighted by Crippen LogP contribution is -2.12. The summed E-state index contributed by atoms with van der Waals surface area (Å²) >= 11 is 0. The summed E-state index contributed by atoms with van der Waals surface area (Å²) < 4.78 is 5.28. The summed E-state index contributed by atoms with van der Waals surface area (Å²) in [5, 5.41) is 0. The molecule has 0 bridgehead atoms. The zero-order chi connectivity index (χ0) is 21.0. The second-order valence-corrected chi connectivity index (χ2v) is 7.06. The van der Waals surface area contributed by atoms with Gasteiger partial charge in [0, 0.05) is 6.42 Å². The zero-order valence-corrected chi connectivity index (χ0v) is 17.8. The van der Waals surface area contributed by atoms with E-state index in [4.69, 9.17) is 4.74 Å². The first-order chi connectivity index (χ1) is 14.3. The molecule has 0 fully saturated rings. The number of ether oxygens (including phenoxy) is 1. The smallest absolute Gasteiger partial charge is 0.306 e. The summed E-state index contributed by atoms with van der Waals surface area (Å²) in [5.41, 5.74) is 0.715. The topological polar surface area (TPSA) is 43.4 Å². The van der Waals surface area contributed by atoms with Crippen LogP contribution in [0, 0.1) is 0 Å². The Hall–Kier alpha value is -2.42. The van der Waals surface area contributed by atoms with E-state index in [1.165, 1.54) is 12.8 Å². The van der Waals surface area contributed by atoms with Gasteiger partial charge in [-0.2, -0.15) is 0 Å². The molecule has 1 aromatic rings. The molecule has 0 N–H and O–H groups in total. The Labute approximate surface area is 176 Å². The molecule has 0 aliphatic carbocycles. The van der Waals surface area contributed by atoms with Crippen molar-refractivity contribution < 1.29 is 14.3 Å². The number of allylic oxidation sites excluding steroid dienone is 6. The first kappa shape index (κ1) is 24.6. The third-order valence-electron chi connectivity index (χ3n) is 4.54. The van der Waals surface area contributed by atoms with Gasteiger partial charge in [-0.1, -0.05) is 93.0 Å². The zero-order valence-electron chi connectivity index (χ0n) is 17.8. The third kappa shape index (κ3) is 13.4. The van der Waals surface area contributed by atoms with E-state index < -0.39 is 6.10 Å². The van der Waals surface area contributed by atoms with Crippen molar-refractivity contribution in [2.24, 2.45) is 0 Å². The summed E-state index contributed by atoms with van der Waals surface area (Å²) in [7, 11) is 0. The lowest BCUT2D eigenvalue weighted by Gasteiger charge is -2.12.